The molecule has 0 unspecified atom stereocenters. The van der Waals surface area contributed by atoms with Crippen LogP contribution in [0, 0.1) is 5.41 Å². The topological polar surface area (TPSA) is 84.6 Å². The number of aromatic nitrogens is 1. The van der Waals surface area contributed by atoms with Gasteiger partial charge in [-0.2, -0.15) is 4.98 Å². The van der Waals surface area contributed by atoms with Crippen molar-refractivity contribution in [3.8, 4) is 34.1 Å². The molecule has 0 spiro atoms. The number of nitrogens with one attached hydrogen (secondary N) is 1. The van der Waals surface area contributed by atoms with Gasteiger partial charge in [0.2, 0.25) is 0 Å². The van der Waals surface area contributed by atoms with E-state index in [1.807, 2.05) is 66.7 Å². The van der Waals surface area contributed by atoms with E-state index in [9.17, 15) is 9.90 Å². The van der Waals surface area contributed by atoms with Crippen molar-refractivity contribution in [3.63, 3.8) is 0 Å². The Morgan fingerprint density at radius 1 is 1.03 bits per heavy atom. The minimum absolute atomic E-state index is 0.179. The lowest BCUT2D eigenvalue weighted by atomic mass is 9.94. The zero-order chi connectivity index (χ0) is 24.4. The number of rotatable bonds is 8. The van der Waals surface area contributed by atoms with Gasteiger partial charge in [-0.05, 0) is 67.8 Å². The standard InChI is InChI=1S/C29H26N2O4/c1-29(2,27(32)33)18-30-28-31-25(26(35-28)24-13-7-9-19-8-6-12-23(19)24)20-14-16-22(17-15-20)34-21-10-4-3-5-11-21/h3-7,9-17H,8,18H2,1-2H3,(H,30,31)(H,32,33). The maximum Gasteiger partial charge on any atom is 0.310 e. The number of carboxylic acid groups (broad SMARTS) is 1. The molecule has 2 N–H and O–H groups in total. The van der Waals surface area contributed by atoms with Gasteiger partial charge in [0.25, 0.3) is 6.01 Å². The average molecular weight is 467 g/mol. The van der Waals surface area contributed by atoms with Crippen molar-refractivity contribution in [3.05, 3.63) is 90.0 Å². The SMILES string of the molecule is CC(C)(CNc1nc(-c2ccc(Oc3ccccc3)cc2)c(-c2cccc3c2C=CC3)o1)C(=O)O. The molecule has 3 aromatic carbocycles. The molecule has 6 heteroatoms. The van der Waals surface area contributed by atoms with Crippen molar-refractivity contribution in [1.82, 2.24) is 4.98 Å². The molecule has 5 rings (SSSR count). The number of aliphatic carboxylic acids is 1. The van der Waals surface area contributed by atoms with Crippen molar-refractivity contribution in [2.24, 2.45) is 5.41 Å². The molecule has 0 saturated carbocycles. The van der Waals surface area contributed by atoms with Gasteiger partial charge in [-0.3, -0.25) is 4.79 Å². The van der Waals surface area contributed by atoms with E-state index in [-0.39, 0.29) is 12.6 Å². The van der Waals surface area contributed by atoms with Crippen LogP contribution in [0.5, 0.6) is 11.5 Å². The van der Waals surface area contributed by atoms with E-state index in [2.05, 4.69) is 23.5 Å². The van der Waals surface area contributed by atoms with Crippen molar-refractivity contribution >= 4 is 18.1 Å². The predicted octanol–water partition coefficient (Wildman–Crippen LogP) is 6.89. The lowest BCUT2D eigenvalue weighted by Gasteiger charge is -2.18. The average Bonchev–Trinajstić information content (AvgIpc) is 3.51. The second-order valence-electron chi connectivity index (χ2n) is 9.16. The highest BCUT2D eigenvalue weighted by molar-refractivity contribution is 5.85. The zero-order valence-electron chi connectivity index (χ0n) is 19.6. The third kappa shape index (κ3) is 4.68. The van der Waals surface area contributed by atoms with E-state index in [1.54, 1.807) is 13.8 Å². The first-order valence-corrected chi connectivity index (χ1v) is 11.5. The Labute approximate surface area is 203 Å². The second-order valence-corrected chi connectivity index (χ2v) is 9.16. The monoisotopic (exact) mass is 466 g/mol. The second kappa shape index (κ2) is 9.14. The quantitative estimate of drug-likeness (QED) is 0.294. The summed E-state index contributed by atoms with van der Waals surface area (Å²) in [5, 5.41) is 12.5. The smallest absolute Gasteiger partial charge is 0.310 e. The number of fused-ring (bicyclic) bond motifs is 1. The minimum atomic E-state index is -0.970. The highest BCUT2D eigenvalue weighted by Gasteiger charge is 2.28. The van der Waals surface area contributed by atoms with Gasteiger partial charge in [0.05, 0.1) is 5.41 Å². The normalized spacial score (nSPS) is 12.4. The van der Waals surface area contributed by atoms with Crippen molar-refractivity contribution < 1.29 is 19.1 Å². The van der Waals surface area contributed by atoms with Crippen LogP contribution in [0.3, 0.4) is 0 Å². The molecule has 1 aliphatic rings. The van der Waals surface area contributed by atoms with Crippen molar-refractivity contribution in [1.29, 1.82) is 0 Å². The molecule has 1 heterocycles. The van der Waals surface area contributed by atoms with Crippen LogP contribution in [-0.2, 0) is 11.2 Å². The van der Waals surface area contributed by atoms with E-state index in [1.165, 1.54) is 5.56 Å². The molecular weight excluding hydrogens is 440 g/mol. The van der Waals surface area contributed by atoms with Gasteiger partial charge in [0, 0.05) is 17.7 Å². The third-order valence-corrected chi connectivity index (χ3v) is 6.06. The number of nitrogens with zero attached hydrogens (tertiary/aromatic N) is 1. The summed E-state index contributed by atoms with van der Waals surface area (Å²) in [4.78, 5) is 16.3. The van der Waals surface area contributed by atoms with Crippen LogP contribution in [0.1, 0.15) is 25.0 Å². The van der Waals surface area contributed by atoms with Crippen LogP contribution in [0.25, 0.3) is 28.7 Å². The number of hydrogen-bond acceptors (Lipinski definition) is 5. The Kier molecular flexibility index (Phi) is 5.87. The molecule has 1 aromatic heterocycles. The largest absolute Gasteiger partial charge is 0.481 e. The maximum absolute atomic E-state index is 11.5. The molecule has 0 aliphatic heterocycles. The summed E-state index contributed by atoms with van der Waals surface area (Å²) in [5.41, 5.74) is 3.88. The number of ether oxygens (including phenoxy) is 1. The van der Waals surface area contributed by atoms with E-state index >= 15 is 0 Å². The molecule has 0 radical (unpaired) electrons. The summed E-state index contributed by atoms with van der Waals surface area (Å²) in [6, 6.07) is 23.7. The fourth-order valence-corrected chi connectivity index (χ4v) is 3.94. The number of para-hydroxylation sites is 1. The van der Waals surface area contributed by atoms with Crippen LogP contribution >= 0.6 is 0 Å². The van der Waals surface area contributed by atoms with E-state index < -0.39 is 11.4 Å². The molecule has 1 aliphatic carbocycles. The zero-order valence-corrected chi connectivity index (χ0v) is 19.6. The highest BCUT2D eigenvalue weighted by atomic mass is 16.5. The molecule has 0 saturated heterocycles. The number of carbonyl (C=O) groups is 1. The predicted molar refractivity (Wildman–Crippen MR) is 137 cm³/mol. The first kappa shape index (κ1) is 22.5. The molecule has 0 bridgehead atoms. The van der Waals surface area contributed by atoms with Gasteiger partial charge in [-0.15, -0.1) is 0 Å². The Balaban J connectivity index is 1.50. The number of anilines is 1. The van der Waals surface area contributed by atoms with Gasteiger partial charge in [-0.25, -0.2) is 0 Å². The summed E-state index contributed by atoms with van der Waals surface area (Å²) < 4.78 is 12.1. The van der Waals surface area contributed by atoms with Gasteiger partial charge in [0.15, 0.2) is 5.76 Å². The summed E-state index contributed by atoms with van der Waals surface area (Å²) in [7, 11) is 0. The van der Waals surface area contributed by atoms with Gasteiger partial charge in [-0.1, -0.05) is 48.6 Å². The van der Waals surface area contributed by atoms with Gasteiger partial charge >= 0.3 is 5.97 Å². The van der Waals surface area contributed by atoms with Gasteiger partial charge in [0.1, 0.15) is 17.2 Å². The summed E-state index contributed by atoms with van der Waals surface area (Å²) in [6.07, 6.45) is 5.12. The van der Waals surface area contributed by atoms with E-state index in [4.69, 9.17) is 14.1 Å². The molecule has 6 nitrogen and oxygen atoms in total. The first-order chi connectivity index (χ1) is 16.9. The van der Waals surface area contributed by atoms with Crippen LogP contribution in [0.4, 0.5) is 6.01 Å². The van der Waals surface area contributed by atoms with Crippen LogP contribution in [-0.4, -0.2) is 22.6 Å². The van der Waals surface area contributed by atoms with Crippen LogP contribution < -0.4 is 10.1 Å². The first-order valence-electron chi connectivity index (χ1n) is 11.5. The van der Waals surface area contributed by atoms with Crippen LogP contribution in [0.2, 0.25) is 0 Å². The Bertz CT molecular complexity index is 1390. The van der Waals surface area contributed by atoms with Crippen LogP contribution in [0.15, 0.2) is 83.3 Å². The fourth-order valence-electron chi connectivity index (χ4n) is 3.94. The Hall–Kier alpha value is -4.32. The number of oxazole rings is 1. The third-order valence-electron chi connectivity index (χ3n) is 6.06. The number of allylic oxidation sites excluding steroid dienone is 1. The molecule has 0 atom stereocenters. The number of benzene rings is 3. The molecule has 176 valence electrons. The van der Waals surface area contributed by atoms with E-state index in [0.717, 1.165) is 34.6 Å². The molecular formula is C29H26N2O4. The summed E-state index contributed by atoms with van der Waals surface area (Å²) in [5.74, 6) is 1.23. The lowest BCUT2D eigenvalue weighted by molar-refractivity contribution is -0.146. The van der Waals surface area contributed by atoms with Gasteiger partial charge < -0.3 is 19.6 Å². The fraction of sp³-hybridized carbons (Fsp3) is 0.172. The van der Waals surface area contributed by atoms with Crippen molar-refractivity contribution in [2.75, 3.05) is 11.9 Å². The Morgan fingerprint density at radius 3 is 2.51 bits per heavy atom. The molecule has 0 amide bonds. The molecule has 0 fully saturated rings. The Morgan fingerprint density at radius 2 is 1.77 bits per heavy atom. The number of carboxylic acids is 1. The van der Waals surface area contributed by atoms with Crippen molar-refractivity contribution in [2.45, 2.75) is 20.3 Å². The van der Waals surface area contributed by atoms with E-state index in [0.29, 0.717) is 11.5 Å². The maximum atomic E-state index is 11.5. The summed E-state index contributed by atoms with van der Waals surface area (Å²) >= 11 is 0. The molecule has 35 heavy (non-hydrogen) atoms. The highest BCUT2D eigenvalue weighted by Crippen LogP contribution is 2.39. The molecule has 4 aromatic rings. The number of hydrogen-bond donors (Lipinski definition) is 2. The summed E-state index contributed by atoms with van der Waals surface area (Å²) in [6.45, 7) is 3.50. The lowest BCUT2D eigenvalue weighted by Crippen LogP contribution is -2.31. The minimum Gasteiger partial charge on any atom is -0.481 e.